The van der Waals surface area contributed by atoms with Crippen molar-refractivity contribution in [2.75, 3.05) is 6.61 Å². The Labute approximate surface area is 191 Å². The van der Waals surface area contributed by atoms with Crippen molar-refractivity contribution in [2.24, 2.45) is 11.3 Å². The van der Waals surface area contributed by atoms with E-state index in [2.05, 4.69) is 31.0 Å². The number of carbonyl (C=O) groups is 1. The van der Waals surface area contributed by atoms with Crippen molar-refractivity contribution in [2.45, 2.75) is 32.1 Å². The monoisotopic (exact) mass is 495 g/mol. The molecule has 3 aromatic heterocycles. The summed E-state index contributed by atoms with van der Waals surface area (Å²) in [6.07, 6.45) is 7.46. The van der Waals surface area contributed by atoms with Gasteiger partial charge in [0.2, 0.25) is 0 Å². The topological polar surface area (TPSA) is 82.8 Å². The molecule has 0 amide bonds. The van der Waals surface area contributed by atoms with Crippen molar-refractivity contribution < 1.29 is 13.9 Å². The van der Waals surface area contributed by atoms with Crippen LogP contribution in [0.5, 0.6) is 0 Å². The average Bonchev–Trinajstić information content (AvgIpc) is 3.46. The Morgan fingerprint density at radius 1 is 1.28 bits per heavy atom. The lowest BCUT2D eigenvalue weighted by Gasteiger charge is -2.17. The molecule has 7 nitrogen and oxygen atoms in total. The predicted molar refractivity (Wildman–Crippen MR) is 119 cm³/mol. The van der Waals surface area contributed by atoms with E-state index in [4.69, 9.17) is 9.72 Å². The highest BCUT2D eigenvalue weighted by molar-refractivity contribution is 9.10. The summed E-state index contributed by atoms with van der Waals surface area (Å²) < 4.78 is 22.1. The van der Waals surface area contributed by atoms with Crippen molar-refractivity contribution in [3.63, 3.8) is 0 Å². The Morgan fingerprint density at radius 3 is 3.03 bits per heavy atom. The molecular formula is C23H19BrFN5O2. The fourth-order valence-corrected chi connectivity index (χ4v) is 5.55. The van der Waals surface area contributed by atoms with Gasteiger partial charge in [-0.25, -0.2) is 19.0 Å². The van der Waals surface area contributed by atoms with E-state index in [-0.39, 0.29) is 11.4 Å². The van der Waals surface area contributed by atoms with E-state index >= 15 is 0 Å². The number of nitrogens with zero attached hydrogens (tertiary/aromatic N) is 5. The van der Waals surface area contributed by atoms with Crippen LogP contribution in [0.15, 0.2) is 41.3 Å². The average molecular weight is 496 g/mol. The number of hydrogen-bond donors (Lipinski definition) is 0. The highest BCUT2D eigenvalue weighted by Crippen LogP contribution is 2.48. The van der Waals surface area contributed by atoms with E-state index in [1.54, 1.807) is 23.1 Å². The van der Waals surface area contributed by atoms with Gasteiger partial charge in [-0.3, -0.25) is 9.78 Å². The number of fused-ring (bicyclic) bond motifs is 2. The molecule has 2 aliphatic rings. The zero-order chi connectivity index (χ0) is 21.9. The van der Waals surface area contributed by atoms with Crippen molar-refractivity contribution in [3.8, 4) is 5.69 Å². The minimum atomic E-state index is -0.410. The lowest BCUT2D eigenvalue weighted by molar-refractivity contribution is -0.146. The van der Waals surface area contributed by atoms with Crippen LogP contribution in [0.2, 0.25) is 0 Å². The third kappa shape index (κ3) is 3.09. The van der Waals surface area contributed by atoms with Crippen LogP contribution >= 0.6 is 15.9 Å². The number of cyclic esters (lactones) is 1. The van der Waals surface area contributed by atoms with Gasteiger partial charge in [-0.05, 0) is 59.7 Å². The molecule has 2 atom stereocenters. The molecule has 0 radical (unpaired) electrons. The van der Waals surface area contributed by atoms with Gasteiger partial charge >= 0.3 is 5.97 Å². The summed E-state index contributed by atoms with van der Waals surface area (Å²) in [7, 11) is 0. The zero-order valence-corrected chi connectivity index (χ0v) is 18.7. The van der Waals surface area contributed by atoms with Gasteiger partial charge in [-0.15, -0.1) is 0 Å². The molecule has 1 saturated heterocycles. The van der Waals surface area contributed by atoms with Crippen LogP contribution in [-0.2, 0) is 16.0 Å². The molecule has 4 aromatic rings. The number of aromatic nitrogens is 5. The van der Waals surface area contributed by atoms with Crippen LogP contribution in [0.25, 0.3) is 27.6 Å². The highest BCUT2D eigenvalue weighted by Gasteiger charge is 2.49. The first-order valence-corrected chi connectivity index (χ1v) is 11.4. The van der Waals surface area contributed by atoms with E-state index < -0.39 is 5.82 Å². The number of pyridine rings is 1. The SMILES string of the molecule is O=C1OCC[C@]12CC[C@@H](Cc1ncc3c(Br)nn(-c4cc(F)c5ncccc5c4)c3n1)C2. The molecule has 162 valence electrons. The molecule has 1 spiro atoms. The fourth-order valence-electron chi connectivity index (χ4n) is 5.11. The highest BCUT2D eigenvalue weighted by atomic mass is 79.9. The predicted octanol–water partition coefficient (Wildman–Crippen LogP) is 4.54. The first-order valence-electron chi connectivity index (χ1n) is 10.6. The van der Waals surface area contributed by atoms with E-state index in [1.807, 2.05) is 12.1 Å². The Hall–Kier alpha value is -2.94. The molecule has 0 bridgehead atoms. The second kappa shape index (κ2) is 7.30. The van der Waals surface area contributed by atoms with E-state index in [0.717, 1.165) is 31.1 Å². The second-order valence-electron chi connectivity index (χ2n) is 8.71. The third-order valence-electron chi connectivity index (χ3n) is 6.75. The van der Waals surface area contributed by atoms with Crippen molar-refractivity contribution >= 4 is 43.8 Å². The van der Waals surface area contributed by atoms with E-state index in [0.29, 0.717) is 51.6 Å². The quantitative estimate of drug-likeness (QED) is 0.388. The van der Waals surface area contributed by atoms with Gasteiger partial charge in [0.05, 0.1) is 23.1 Å². The lowest BCUT2D eigenvalue weighted by Crippen LogP contribution is -2.23. The van der Waals surface area contributed by atoms with Gasteiger partial charge < -0.3 is 4.74 Å². The summed E-state index contributed by atoms with van der Waals surface area (Å²) in [6, 6.07) is 6.86. The number of carbonyl (C=O) groups excluding carboxylic acids is 1. The smallest absolute Gasteiger partial charge is 0.312 e. The third-order valence-corrected chi connectivity index (χ3v) is 7.33. The Morgan fingerprint density at radius 2 is 2.19 bits per heavy atom. The molecule has 9 heteroatoms. The van der Waals surface area contributed by atoms with E-state index in [9.17, 15) is 9.18 Å². The summed E-state index contributed by atoms with van der Waals surface area (Å²) in [5.41, 5.74) is 1.19. The van der Waals surface area contributed by atoms with Crippen molar-refractivity contribution in [1.29, 1.82) is 0 Å². The molecule has 1 saturated carbocycles. The molecule has 1 aromatic carbocycles. The number of halogens is 2. The molecular weight excluding hydrogens is 477 g/mol. The van der Waals surface area contributed by atoms with Crippen molar-refractivity contribution in [1.82, 2.24) is 24.7 Å². The normalized spacial score (nSPS) is 22.9. The van der Waals surface area contributed by atoms with Gasteiger partial charge in [-0.1, -0.05) is 6.07 Å². The Bertz CT molecular complexity index is 1390. The number of rotatable bonds is 3. The molecule has 1 aliphatic heterocycles. The van der Waals surface area contributed by atoms with Crippen molar-refractivity contribution in [3.05, 3.63) is 52.9 Å². The van der Waals surface area contributed by atoms with Crippen LogP contribution in [-0.4, -0.2) is 37.3 Å². The number of ether oxygens (including phenoxy) is 1. The molecule has 4 heterocycles. The first-order chi connectivity index (χ1) is 15.5. The van der Waals surface area contributed by atoms with Gasteiger partial charge in [0.1, 0.15) is 15.9 Å². The standard InChI is InChI=1S/C23H19BrFN5O2/c24-20-16-12-27-18(8-13-3-4-23(11-13)5-7-32-22(23)31)28-21(16)30(29-20)15-9-14-2-1-6-26-19(14)17(25)10-15/h1-2,6,9-10,12-13H,3-5,7-8,11H2/t13-,23-/m0/s1. The maximum Gasteiger partial charge on any atom is 0.312 e. The maximum atomic E-state index is 14.7. The molecule has 6 rings (SSSR count). The molecule has 2 fully saturated rings. The summed E-state index contributed by atoms with van der Waals surface area (Å²) in [6.45, 7) is 0.527. The molecule has 0 unspecified atom stereocenters. The fraction of sp³-hybridized carbons (Fsp3) is 0.348. The van der Waals surface area contributed by atoms with Gasteiger partial charge in [-0.2, -0.15) is 5.10 Å². The van der Waals surface area contributed by atoms with Crippen LogP contribution in [0.4, 0.5) is 4.39 Å². The number of esters is 1. The molecule has 1 aliphatic carbocycles. The van der Waals surface area contributed by atoms with E-state index in [1.165, 1.54) is 6.07 Å². The van der Waals surface area contributed by atoms with Crippen LogP contribution in [0.1, 0.15) is 31.5 Å². The first kappa shape index (κ1) is 19.7. The lowest BCUT2D eigenvalue weighted by atomic mass is 9.83. The van der Waals surface area contributed by atoms with Crippen LogP contribution < -0.4 is 0 Å². The maximum absolute atomic E-state index is 14.7. The Balaban J connectivity index is 1.36. The number of hydrogen-bond acceptors (Lipinski definition) is 6. The number of benzene rings is 1. The second-order valence-corrected chi connectivity index (χ2v) is 9.46. The largest absolute Gasteiger partial charge is 0.465 e. The molecule has 0 N–H and O–H groups in total. The van der Waals surface area contributed by atoms with Gasteiger partial charge in [0.25, 0.3) is 0 Å². The Kier molecular flexibility index (Phi) is 4.50. The van der Waals surface area contributed by atoms with Gasteiger partial charge in [0.15, 0.2) is 11.5 Å². The zero-order valence-electron chi connectivity index (χ0n) is 17.1. The van der Waals surface area contributed by atoms with Crippen LogP contribution in [0, 0.1) is 17.2 Å². The van der Waals surface area contributed by atoms with Gasteiger partial charge in [0, 0.05) is 30.3 Å². The molecule has 32 heavy (non-hydrogen) atoms. The summed E-state index contributed by atoms with van der Waals surface area (Å²) >= 11 is 3.47. The minimum absolute atomic E-state index is 0.0498. The van der Waals surface area contributed by atoms with Crippen LogP contribution in [0.3, 0.4) is 0 Å². The minimum Gasteiger partial charge on any atom is -0.465 e. The summed E-state index contributed by atoms with van der Waals surface area (Å²) in [5, 5.41) is 5.97. The summed E-state index contributed by atoms with van der Waals surface area (Å²) in [4.78, 5) is 25.6. The summed E-state index contributed by atoms with van der Waals surface area (Å²) in [5.74, 6) is 0.572.